The highest BCUT2D eigenvalue weighted by Crippen LogP contribution is 2.22. The number of nitrogens with zero attached hydrogens (tertiary/aromatic N) is 2. The molecule has 2 amide bonds. The summed E-state index contributed by atoms with van der Waals surface area (Å²) in [4.78, 5) is 29.5. The van der Waals surface area contributed by atoms with Crippen LogP contribution in [-0.2, 0) is 45.7 Å². The largest absolute Gasteiger partial charge is 0.350 e. The molecule has 4 rings (SSSR count). The molecular weight excluding hydrogens is 605 g/mol. The average Bonchev–Trinajstić information content (AvgIpc) is 2.99. The van der Waals surface area contributed by atoms with Crippen molar-refractivity contribution in [2.75, 3.05) is 12.8 Å². The summed E-state index contributed by atoms with van der Waals surface area (Å²) in [7, 11) is -3.76. The number of nitrogens with one attached hydrogen (secondary N) is 1. The number of halogens is 2. The summed E-state index contributed by atoms with van der Waals surface area (Å²) in [6.07, 6.45) is 1.30. The van der Waals surface area contributed by atoms with Crippen LogP contribution < -0.4 is 5.32 Å². The number of carbonyl (C=O) groups is 2. The lowest BCUT2D eigenvalue weighted by Crippen LogP contribution is -2.53. The molecular formula is C33H33Cl2N3O4S. The molecule has 0 radical (unpaired) electrons. The van der Waals surface area contributed by atoms with E-state index in [0.717, 1.165) is 27.3 Å². The molecule has 4 aromatic carbocycles. The summed E-state index contributed by atoms with van der Waals surface area (Å²) >= 11 is 12.4. The highest BCUT2D eigenvalue weighted by atomic mass is 35.5. The first-order valence-electron chi connectivity index (χ1n) is 13.7. The van der Waals surface area contributed by atoms with Crippen molar-refractivity contribution in [1.82, 2.24) is 14.5 Å². The van der Waals surface area contributed by atoms with E-state index in [1.165, 1.54) is 4.90 Å². The topological polar surface area (TPSA) is 86.8 Å². The molecule has 0 fully saturated rings. The summed E-state index contributed by atoms with van der Waals surface area (Å²) in [6.45, 7) is -0.177. The smallest absolute Gasteiger partial charge is 0.243 e. The van der Waals surface area contributed by atoms with E-state index >= 15 is 0 Å². The first-order chi connectivity index (χ1) is 20.6. The van der Waals surface area contributed by atoms with Crippen LogP contribution in [0.4, 0.5) is 0 Å². The lowest BCUT2D eigenvalue weighted by molar-refractivity contribution is -0.141. The molecule has 1 N–H and O–H groups in total. The van der Waals surface area contributed by atoms with Gasteiger partial charge in [-0.1, -0.05) is 120 Å². The maximum Gasteiger partial charge on any atom is 0.243 e. The van der Waals surface area contributed by atoms with Crippen molar-refractivity contribution in [1.29, 1.82) is 0 Å². The molecule has 7 nitrogen and oxygen atoms in total. The number of hydrogen-bond donors (Lipinski definition) is 1. The Morgan fingerprint density at radius 2 is 1.30 bits per heavy atom. The van der Waals surface area contributed by atoms with Crippen LogP contribution >= 0.6 is 23.2 Å². The number of rotatable bonds is 13. The van der Waals surface area contributed by atoms with Gasteiger partial charge in [-0.05, 0) is 34.4 Å². The van der Waals surface area contributed by atoms with E-state index in [0.29, 0.717) is 15.6 Å². The Bertz CT molecular complexity index is 1620. The predicted octanol–water partition coefficient (Wildman–Crippen LogP) is 5.71. The minimum Gasteiger partial charge on any atom is -0.350 e. The number of sulfonamides is 1. The highest BCUT2D eigenvalue weighted by Gasteiger charge is 2.33. The molecule has 224 valence electrons. The van der Waals surface area contributed by atoms with E-state index in [1.807, 2.05) is 78.9 Å². The Morgan fingerprint density at radius 1 is 0.767 bits per heavy atom. The molecule has 0 aromatic heterocycles. The minimum atomic E-state index is -3.76. The van der Waals surface area contributed by atoms with Gasteiger partial charge in [-0.25, -0.2) is 8.42 Å². The molecule has 0 saturated heterocycles. The summed E-state index contributed by atoms with van der Waals surface area (Å²) < 4.78 is 26.8. The fourth-order valence-corrected chi connectivity index (χ4v) is 5.82. The molecule has 0 heterocycles. The molecule has 10 heteroatoms. The molecule has 4 aromatic rings. The molecule has 0 aliphatic rings. The van der Waals surface area contributed by atoms with Crippen LogP contribution in [0.3, 0.4) is 0 Å². The molecule has 0 spiro atoms. The minimum absolute atomic E-state index is 0.0230. The van der Waals surface area contributed by atoms with Crippen LogP contribution in [0.2, 0.25) is 10.0 Å². The lowest BCUT2D eigenvalue weighted by Gasteiger charge is -2.33. The Kier molecular flexibility index (Phi) is 11.4. The second-order valence-electron chi connectivity index (χ2n) is 10.2. The number of benzene rings is 4. The third-order valence-electron chi connectivity index (χ3n) is 6.92. The van der Waals surface area contributed by atoms with E-state index in [-0.39, 0.29) is 26.1 Å². The number of amides is 2. The standard InChI is InChI=1S/C33H33Cl2N3O4S/c1-43(41,42)37(22-26-13-7-3-8-14-26)24-32(39)38(23-27-15-9-4-10-16-27)31(19-25-11-5-2-6-12-25)33(40)36-21-28-17-18-29(34)20-30(28)35/h2-18,20,31H,19,21-24H2,1H3,(H,36,40). The van der Waals surface area contributed by atoms with Crippen molar-refractivity contribution in [3.8, 4) is 0 Å². The Morgan fingerprint density at radius 3 is 1.84 bits per heavy atom. The van der Waals surface area contributed by atoms with E-state index in [1.54, 1.807) is 30.3 Å². The van der Waals surface area contributed by atoms with Crippen molar-refractivity contribution in [2.45, 2.75) is 32.1 Å². The van der Waals surface area contributed by atoms with E-state index in [9.17, 15) is 18.0 Å². The van der Waals surface area contributed by atoms with E-state index < -0.39 is 34.4 Å². The summed E-state index contributed by atoms with van der Waals surface area (Å²) in [6, 6.07) is 31.8. The van der Waals surface area contributed by atoms with Gasteiger partial charge in [0.1, 0.15) is 6.04 Å². The van der Waals surface area contributed by atoms with Gasteiger partial charge in [0.05, 0.1) is 12.8 Å². The van der Waals surface area contributed by atoms with Crippen LogP contribution in [0.1, 0.15) is 22.3 Å². The average molecular weight is 639 g/mol. The molecule has 43 heavy (non-hydrogen) atoms. The molecule has 0 bridgehead atoms. The van der Waals surface area contributed by atoms with Gasteiger partial charge in [0, 0.05) is 36.1 Å². The van der Waals surface area contributed by atoms with E-state index in [4.69, 9.17) is 23.2 Å². The van der Waals surface area contributed by atoms with Crippen molar-refractivity contribution in [3.05, 3.63) is 141 Å². The normalized spacial score (nSPS) is 12.1. The SMILES string of the molecule is CS(=O)(=O)N(CC(=O)N(Cc1ccccc1)C(Cc1ccccc1)C(=O)NCc1ccc(Cl)cc1Cl)Cc1ccccc1. The Labute approximate surface area is 263 Å². The van der Waals surface area contributed by atoms with Gasteiger partial charge in [0.2, 0.25) is 21.8 Å². The van der Waals surface area contributed by atoms with Gasteiger partial charge in [0.15, 0.2) is 0 Å². The molecule has 1 unspecified atom stereocenters. The summed E-state index contributed by atoms with van der Waals surface area (Å²) in [5.41, 5.74) is 3.07. The highest BCUT2D eigenvalue weighted by molar-refractivity contribution is 7.88. The predicted molar refractivity (Wildman–Crippen MR) is 171 cm³/mol. The second kappa shape index (κ2) is 15.2. The first-order valence-corrected chi connectivity index (χ1v) is 16.3. The van der Waals surface area contributed by atoms with Crippen LogP contribution in [0.25, 0.3) is 0 Å². The van der Waals surface area contributed by atoms with Crippen LogP contribution in [0.15, 0.2) is 109 Å². The third-order valence-corrected chi connectivity index (χ3v) is 8.70. The quantitative estimate of drug-likeness (QED) is 0.203. The van der Waals surface area contributed by atoms with Crippen molar-refractivity contribution < 1.29 is 18.0 Å². The fourth-order valence-electron chi connectivity index (χ4n) is 4.62. The molecule has 1 atom stereocenters. The van der Waals surface area contributed by atoms with Crippen molar-refractivity contribution >= 4 is 45.0 Å². The maximum atomic E-state index is 14.1. The molecule has 0 saturated carbocycles. The molecule has 0 aliphatic carbocycles. The monoisotopic (exact) mass is 637 g/mol. The first kappa shape index (κ1) is 32.2. The van der Waals surface area contributed by atoms with Crippen LogP contribution in [0, 0.1) is 0 Å². The fraction of sp³-hybridized carbons (Fsp3) is 0.212. The summed E-state index contributed by atoms with van der Waals surface area (Å²) in [5, 5.41) is 3.82. The Hall–Kier alpha value is -3.69. The zero-order valence-corrected chi connectivity index (χ0v) is 26.0. The summed E-state index contributed by atoms with van der Waals surface area (Å²) in [5.74, 6) is -0.890. The maximum absolute atomic E-state index is 14.1. The zero-order valence-electron chi connectivity index (χ0n) is 23.7. The lowest BCUT2D eigenvalue weighted by atomic mass is 10.0. The van der Waals surface area contributed by atoms with Gasteiger partial charge >= 0.3 is 0 Å². The van der Waals surface area contributed by atoms with E-state index in [2.05, 4.69) is 5.32 Å². The zero-order chi connectivity index (χ0) is 30.8. The second-order valence-corrected chi connectivity index (χ2v) is 13.0. The Balaban J connectivity index is 1.67. The van der Waals surface area contributed by atoms with Gasteiger partial charge < -0.3 is 10.2 Å². The van der Waals surface area contributed by atoms with Gasteiger partial charge in [-0.2, -0.15) is 4.31 Å². The van der Waals surface area contributed by atoms with Crippen LogP contribution in [-0.4, -0.2) is 48.3 Å². The number of hydrogen-bond acceptors (Lipinski definition) is 4. The van der Waals surface area contributed by atoms with Crippen molar-refractivity contribution in [3.63, 3.8) is 0 Å². The van der Waals surface area contributed by atoms with Gasteiger partial charge in [-0.3, -0.25) is 9.59 Å². The molecule has 0 aliphatic heterocycles. The van der Waals surface area contributed by atoms with Crippen LogP contribution in [0.5, 0.6) is 0 Å². The third kappa shape index (κ3) is 9.66. The van der Waals surface area contributed by atoms with Crippen molar-refractivity contribution in [2.24, 2.45) is 0 Å². The van der Waals surface area contributed by atoms with Gasteiger partial charge in [-0.15, -0.1) is 0 Å². The number of carbonyl (C=O) groups excluding carboxylic acids is 2. The van der Waals surface area contributed by atoms with Gasteiger partial charge in [0.25, 0.3) is 0 Å².